The number of hydrogen-bond donors (Lipinski definition) is 2. The van der Waals surface area contributed by atoms with Gasteiger partial charge in [-0.05, 0) is 18.9 Å². The SMILES string of the molecule is CN(c1ncccc1CNc1nc(NC2CCN(C(=O)CC(F)(F)F)CC2)ncc1C(F)(F)F)S(C)(=O)=O. The molecule has 1 fully saturated rings. The highest BCUT2D eigenvalue weighted by Crippen LogP contribution is 2.34. The first-order valence-electron chi connectivity index (χ1n) is 11.2. The molecule has 0 saturated carbocycles. The monoisotopic (exact) mass is 569 g/mol. The van der Waals surface area contributed by atoms with Gasteiger partial charge < -0.3 is 15.5 Å². The molecule has 2 aromatic heterocycles. The number of piperidine rings is 1. The smallest absolute Gasteiger partial charge is 0.365 e. The van der Waals surface area contributed by atoms with E-state index in [-0.39, 0.29) is 55.8 Å². The molecule has 10 nitrogen and oxygen atoms in total. The van der Waals surface area contributed by atoms with Crippen molar-refractivity contribution in [3.8, 4) is 0 Å². The normalized spacial score (nSPS) is 15.3. The number of aromatic nitrogens is 3. The number of amides is 1. The van der Waals surface area contributed by atoms with Crippen LogP contribution in [-0.2, 0) is 27.5 Å². The third-order valence-electron chi connectivity index (χ3n) is 5.74. The number of rotatable bonds is 8. The van der Waals surface area contributed by atoms with Crippen molar-refractivity contribution in [1.82, 2.24) is 19.9 Å². The molecule has 0 aromatic carbocycles. The second-order valence-corrected chi connectivity index (χ2v) is 10.6. The quantitative estimate of drug-likeness (QED) is 0.465. The lowest BCUT2D eigenvalue weighted by Crippen LogP contribution is -2.43. The maximum atomic E-state index is 13.6. The van der Waals surface area contributed by atoms with Crippen molar-refractivity contribution in [2.45, 2.75) is 44.2 Å². The van der Waals surface area contributed by atoms with Gasteiger partial charge in [-0.25, -0.2) is 18.4 Å². The van der Waals surface area contributed by atoms with Crippen molar-refractivity contribution in [3.63, 3.8) is 0 Å². The Balaban J connectivity index is 1.73. The van der Waals surface area contributed by atoms with Crippen LogP contribution in [0.5, 0.6) is 0 Å². The number of alkyl halides is 6. The molecule has 17 heteroatoms. The summed E-state index contributed by atoms with van der Waals surface area (Å²) >= 11 is 0. The summed E-state index contributed by atoms with van der Waals surface area (Å²) in [4.78, 5) is 24.5. The highest BCUT2D eigenvalue weighted by molar-refractivity contribution is 7.92. The summed E-state index contributed by atoms with van der Waals surface area (Å²) < 4.78 is 103. The Morgan fingerprint density at radius 2 is 1.82 bits per heavy atom. The first kappa shape index (κ1) is 29.2. The lowest BCUT2D eigenvalue weighted by atomic mass is 10.0. The van der Waals surface area contributed by atoms with E-state index in [2.05, 4.69) is 25.6 Å². The molecule has 38 heavy (non-hydrogen) atoms. The molecule has 1 aliphatic heterocycles. The van der Waals surface area contributed by atoms with Gasteiger partial charge in [-0.3, -0.25) is 9.10 Å². The van der Waals surface area contributed by atoms with Gasteiger partial charge in [-0.15, -0.1) is 0 Å². The average molecular weight is 570 g/mol. The van der Waals surface area contributed by atoms with Crippen LogP contribution in [0.3, 0.4) is 0 Å². The van der Waals surface area contributed by atoms with E-state index in [0.717, 1.165) is 15.5 Å². The van der Waals surface area contributed by atoms with Gasteiger partial charge in [0.05, 0.1) is 6.26 Å². The third kappa shape index (κ3) is 7.82. The number of carbonyl (C=O) groups excluding carboxylic acids is 1. The largest absolute Gasteiger partial charge is 0.421 e. The topological polar surface area (TPSA) is 120 Å². The molecule has 210 valence electrons. The number of nitrogens with zero attached hydrogens (tertiary/aromatic N) is 5. The predicted molar refractivity (Wildman–Crippen MR) is 126 cm³/mol. The van der Waals surface area contributed by atoms with Crippen LogP contribution in [0, 0.1) is 0 Å². The van der Waals surface area contributed by atoms with Gasteiger partial charge in [-0.1, -0.05) is 6.07 Å². The Bertz CT molecular complexity index is 1250. The fourth-order valence-electron chi connectivity index (χ4n) is 3.72. The molecule has 0 radical (unpaired) electrons. The summed E-state index contributed by atoms with van der Waals surface area (Å²) in [7, 11) is -2.43. The number of anilines is 3. The first-order chi connectivity index (χ1) is 17.5. The average Bonchev–Trinajstić information content (AvgIpc) is 2.80. The van der Waals surface area contributed by atoms with Crippen LogP contribution >= 0.6 is 0 Å². The molecule has 0 atom stereocenters. The summed E-state index contributed by atoms with van der Waals surface area (Å²) in [6, 6.07) is 2.61. The maximum absolute atomic E-state index is 13.6. The van der Waals surface area contributed by atoms with E-state index in [9.17, 15) is 39.6 Å². The van der Waals surface area contributed by atoms with E-state index in [1.807, 2.05) is 0 Å². The number of pyridine rings is 1. The van der Waals surface area contributed by atoms with E-state index in [4.69, 9.17) is 0 Å². The van der Waals surface area contributed by atoms with E-state index < -0.39 is 46.1 Å². The highest BCUT2D eigenvalue weighted by Gasteiger charge is 2.36. The summed E-state index contributed by atoms with van der Waals surface area (Å²) in [6.45, 7) is -0.172. The summed E-state index contributed by atoms with van der Waals surface area (Å²) in [5.74, 6) is -1.73. The Hall–Kier alpha value is -3.37. The maximum Gasteiger partial charge on any atom is 0.421 e. The van der Waals surface area contributed by atoms with Gasteiger partial charge in [0.2, 0.25) is 21.9 Å². The van der Waals surface area contributed by atoms with E-state index >= 15 is 0 Å². The summed E-state index contributed by atoms with van der Waals surface area (Å²) in [5.41, 5.74) is -0.866. The second-order valence-electron chi connectivity index (χ2n) is 8.62. The second kappa shape index (κ2) is 11.2. The molecule has 0 bridgehead atoms. The Labute approximate surface area is 214 Å². The lowest BCUT2D eigenvalue weighted by molar-refractivity contribution is -0.162. The zero-order chi connectivity index (χ0) is 28.3. The van der Waals surface area contributed by atoms with Crippen LogP contribution in [0.25, 0.3) is 0 Å². The molecule has 1 amide bonds. The molecule has 3 rings (SSSR count). The van der Waals surface area contributed by atoms with Crippen LogP contribution in [0.2, 0.25) is 0 Å². The van der Waals surface area contributed by atoms with Crippen molar-refractivity contribution in [2.24, 2.45) is 0 Å². The number of likely N-dealkylation sites (tertiary alicyclic amines) is 1. The number of halogens is 6. The van der Waals surface area contributed by atoms with E-state index in [1.165, 1.54) is 25.4 Å². The molecule has 2 aromatic rings. The number of hydrogen-bond acceptors (Lipinski definition) is 8. The molecule has 0 unspecified atom stereocenters. The van der Waals surface area contributed by atoms with Gasteiger partial charge in [0.1, 0.15) is 23.6 Å². The fraction of sp³-hybridized carbons (Fsp3) is 0.524. The van der Waals surface area contributed by atoms with Crippen molar-refractivity contribution in [3.05, 3.63) is 35.7 Å². The van der Waals surface area contributed by atoms with E-state index in [0.29, 0.717) is 6.20 Å². The highest BCUT2D eigenvalue weighted by atomic mass is 32.2. The van der Waals surface area contributed by atoms with Crippen LogP contribution in [0.1, 0.15) is 30.4 Å². The van der Waals surface area contributed by atoms with Gasteiger partial charge in [0, 0.05) is 50.7 Å². The predicted octanol–water partition coefficient (Wildman–Crippen LogP) is 3.25. The lowest BCUT2D eigenvalue weighted by Gasteiger charge is -2.32. The van der Waals surface area contributed by atoms with Gasteiger partial charge in [0.15, 0.2) is 0 Å². The standard InChI is InChI=1S/C21H25F6N7O3S/c1-33(38(2,36)37)18-13(4-3-7-28-18)11-29-17-15(21(25,26)27)12-30-19(32-17)31-14-5-8-34(9-6-14)16(35)10-20(22,23)24/h3-4,7,12,14H,5-6,8-11H2,1-2H3,(H2,29,30,31,32). The van der Waals surface area contributed by atoms with Gasteiger partial charge in [0.25, 0.3) is 0 Å². The Morgan fingerprint density at radius 3 is 2.39 bits per heavy atom. The Kier molecular flexibility index (Phi) is 8.58. The zero-order valence-corrected chi connectivity index (χ0v) is 21.1. The molecular weight excluding hydrogens is 544 g/mol. The molecule has 0 aliphatic carbocycles. The van der Waals surface area contributed by atoms with Gasteiger partial charge in [-0.2, -0.15) is 31.3 Å². The molecule has 3 heterocycles. The molecule has 1 saturated heterocycles. The zero-order valence-electron chi connectivity index (χ0n) is 20.3. The van der Waals surface area contributed by atoms with Crippen LogP contribution < -0.4 is 14.9 Å². The molecule has 0 spiro atoms. The third-order valence-corrected chi connectivity index (χ3v) is 6.90. The first-order valence-corrected chi connectivity index (χ1v) is 13.1. The number of nitrogens with one attached hydrogen (secondary N) is 2. The van der Waals surface area contributed by atoms with Crippen molar-refractivity contribution in [1.29, 1.82) is 0 Å². The fourth-order valence-corrected chi connectivity index (χ4v) is 4.20. The minimum atomic E-state index is -4.80. The van der Waals surface area contributed by atoms with Crippen molar-refractivity contribution in [2.75, 3.05) is 41.3 Å². The molecular formula is C21H25F6N7O3S. The van der Waals surface area contributed by atoms with Crippen LogP contribution in [0.4, 0.5) is 43.9 Å². The minimum absolute atomic E-state index is 0.0234. The minimum Gasteiger partial charge on any atom is -0.365 e. The summed E-state index contributed by atoms with van der Waals surface area (Å²) in [6.07, 6.45) is -7.59. The number of sulfonamides is 1. The Morgan fingerprint density at radius 1 is 1.16 bits per heavy atom. The van der Waals surface area contributed by atoms with E-state index in [1.54, 1.807) is 0 Å². The number of carbonyl (C=O) groups is 1. The van der Waals surface area contributed by atoms with Crippen LogP contribution in [0.15, 0.2) is 24.5 Å². The van der Waals surface area contributed by atoms with Crippen molar-refractivity contribution < 1.29 is 39.6 Å². The van der Waals surface area contributed by atoms with Crippen LogP contribution in [-0.4, -0.2) is 72.8 Å². The van der Waals surface area contributed by atoms with Crippen molar-refractivity contribution >= 4 is 33.5 Å². The molecule has 1 aliphatic rings. The molecule has 2 N–H and O–H groups in total. The summed E-state index contributed by atoms with van der Waals surface area (Å²) in [5, 5.41) is 5.44. The van der Waals surface area contributed by atoms with Gasteiger partial charge >= 0.3 is 12.4 Å².